The number of benzene rings is 1. The van der Waals surface area contributed by atoms with Crippen LogP contribution in [0.25, 0.3) is 0 Å². The van der Waals surface area contributed by atoms with Gasteiger partial charge in [0.15, 0.2) is 0 Å². The van der Waals surface area contributed by atoms with E-state index in [2.05, 4.69) is 13.0 Å². The smallest absolute Gasteiger partial charge is 0.0408 e. The van der Waals surface area contributed by atoms with Gasteiger partial charge in [-0.15, -0.1) is 0 Å². The average Bonchev–Trinajstić information content (AvgIpc) is 2.97. The Hall–Kier alpha value is -0.530. The van der Waals surface area contributed by atoms with Gasteiger partial charge in [-0.05, 0) is 48.9 Å². The van der Waals surface area contributed by atoms with Crippen LogP contribution in [0.2, 0.25) is 5.02 Å². The highest BCUT2D eigenvalue weighted by Crippen LogP contribution is 2.35. The molecule has 1 saturated carbocycles. The molecular formula is C13H18ClN. The van der Waals surface area contributed by atoms with Gasteiger partial charge in [-0.25, -0.2) is 0 Å². The van der Waals surface area contributed by atoms with E-state index < -0.39 is 0 Å². The van der Waals surface area contributed by atoms with E-state index in [0.29, 0.717) is 0 Å². The summed E-state index contributed by atoms with van der Waals surface area (Å²) in [5, 5.41) is 0.797. The molecule has 1 unspecified atom stereocenters. The molecule has 0 heterocycles. The van der Waals surface area contributed by atoms with Crippen molar-refractivity contribution in [1.82, 2.24) is 0 Å². The van der Waals surface area contributed by atoms with Crippen LogP contribution in [0.3, 0.4) is 0 Å². The molecule has 2 heteroatoms. The number of nitrogens with two attached hydrogens (primary N) is 1. The van der Waals surface area contributed by atoms with E-state index in [1.54, 1.807) is 0 Å². The van der Waals surface area contributed by atoms with Crippen LogP contribution in [0.1, 0.15) is 42.9 Å². The first-order chi connectivity index (χ1) is 7.16. The monoisotopic (exact) mass is 223 g/mol. The molecule has 0 amide bonds. The van der Waals surface area contributed by atoms with Crippen molar-refractivity contribution in [3.63, 3.8) is 0 Å². The number of hydrogen-bond acceptors (Lipinski definition) is 1. The van der Waals surface area contributed by atoms with Gasteiger partial charge in [-0.2, -0.15) is 0 Å². The SMILES string of the molecule is Cc1cc(Cl)ccc1C(N)CCC1CC1. The largest absolute Gasteiger partial charge is 0.324 e. The molecule has 1 atom stereocenters. The standard InChI is InChI=1S/C13H18ClN/c1-9-8-11(14)5-6-12(9)13(15)7-4-10-2-3-10/h5-6,8,10,13H,2-4,7,15H2,1H3. The third-order valence-corrected chi connectivity index (χ3v) is 3.45. The second-order valence-electron chi connectivity index (χ2n) is 4.63. The zero-order chi connectivity index (χ0) is 10.8. The highest BCUT2D eigenvalue weighted by atomic mass is 35.5. The van der Waals surface area contributed by atoms with Gasteiger partial charge in [0.2, 0.25) is 0 Å². The first-order valence-electron chi connectivity index (χ1n) is 5.68. The molecule has 1 aromatic carbocycles. The molecule has 0 radical (unpaired) electrons. The molecular weight excluding hydrogens is 206 g/mol. The van der Waals surface area contributed by atoms with E-state index >= 15 is 0 Å². The lowest BCUT2D eigenvalue weighted by Gasteiger charge is -2.14. The fourth-order valence-electron chi connectivity index (χ4n) is 2.03. The maximum absolute atomic E-state index is 6.18. The lowest BCUT2D eigenvalue weighted by atomic mass is 9.97. The first-order valence-corrected chi connectivity index (χ1v) is 6.06. The van der Waals surface area contributed by atoms with Crippen molar-refractivity contribution in [2.75, 3.05) is 0 Å². The Morgan fingerprint density at radius 1 is 1.47 bits per heavy atom. The molecule has 15 heavy (non-hydrogen) atoms. The van der Waals surface area contributed by atoms with Gasteiger partial charge >= 0.3 is 0 Å². The maximum Gasteiger partial charge on any atom is 0.0408 e. The van der Waals surface area contributed by atoms with Crippen LogP contribution >= 0.6 is 11.6 Å². The Bertz CT molecular complexity index is 344. The summed E-state index contributed by atoms with van der Waals surface area (Å²) < 4.78 is 0. The maximum atomic E-state index is 6.18. The minimum Gasteiger partial charge on any atom is -0.324 e. The van der Waals surface area contributed by atoms with Crippen molar-refractivity contribution in [3.8, 4) is 0 Å². The van der Waals surface area contributed by atoms with Crippen LogP contribution in [-0.2, 0) is 0 Å². The third kappa shape index (κ3) is 2.96. The topological polar surface area (TPSA) is 26.0 Å². The summed E-state index contributed by atoms with van der Waals surface area (Å²) in [4.78, 5) is 0. The van der Waals surface area contributed by atoms with Gasteiger partial charge in [-0.3, -0.25) is 0 Å². The molecule has 1 nitrogen and oxygen atoms in total. The average molecular weight is 224 g/mol. The highest BCUT2D eigenvalue weighted by Gasteiger charge is 2.22. The summed E-state index contributed by atoms with van der Waals surface area (Å²) in [6.07, 6.45) is 5.20. The molecule has 1 aliphatic rings. The zero-order valence-corrected chi connectivity index (χ0v) is 9.93. The van der Waals surface area contributed by atoms with Gasteiger partial charge in [0.05, 0.1) is 0 Å². The Morgan fingerprint density at radius 2 is 2.20 bits per heavy atom. The van der Waals surface area contributed by atoms with Crippen LogP contribution in [0.4, 0.5) is 0 Å². The molecule has 0 aliphatic heterocycles. The molecule has 2 rings (SSSR count). The summed E-state index contributed by atoms with van der Waals surface area (Å²) in [6, 6.07) is 6.17. The fraction of sp³-hybridized carbons (Fsp3) is 0.538. The van der Waals surface area contributed by atoms with Crippen LogP contribution in [0, 0.1) is 12.8 Å². The van der Waals surface area contributed by atoms with E-state index in [1.807, 2.05) is 12.1 Å². The Balaban J connectivity index is 1.99. The van der Waals surface area contributed by atoms with Crippen molar-refractivity contribution in [1.29, 1.82) is 0 Å². The molecule has 0 aromatic heterocycles. The van der Waals surface area contributed by atoms with Crippen molar-refractivity contribution in [2.24, 2.45) is 11.7 Å². The van der Waals surface area contributed by atoms with Crippen molar-refractivity contribution < 1.29 is 0 Å². The quantitative estimate of drug-likeness (QED) is 0.825. The summed E-state index contributed by atoms with van der Waals surface area (Å²) in [5.41, 5.74) is 8.64. The highest BCUT2D eigenvalue weighted by molar-refractivity contribution is 6.30. The molecule has 1 aromatic rings. The molecule has 2 N–H and O–H groups in total. The first kappa shape index (κ1) is 11.0. The summed E-state index contributed by atoms with van der Waals surface area (Å²) in [6.45, 7) is 2.08. The second kappa shape index (κ2) is 4.54. The van der Waals surface area contributed by atoms with E-state index in [1.165, 1.54) is 30.4 Å². The van der Waals surface area contributed by atoms with Crippen LogP contribution < -0.4 is 5.73 Å². The minimum atomic E-state index is 0.183. The van der Waals surface area contributed by atoms with Gasteiger partial charge < -0.3 is 5.73 Å². The zero-order valence-electron chi connectivity index (χ0n) is 9.17. The predicted octanol–water partition coefficient (Wildman–Crippen LogP) is 3.84. The number of rotatable bonds is 4. The molecule has 1 aliphatic carbocycles. The predicted molar refractivity (Wildman–Crippen MR) is 65.1 cm³/mol. The minimum absolute atomic E-state index is 0.183. The normalized spacial score (nSPS) is 17.8. The second-order valence-corrected chi connectivity index (χ2v) is 5.06. The number of halogens is 1. The van der Waals surface area contributed by atoms with E-state index in [9.17, 15) is 0 Å². The Morgan fingerprint density at radius 3 is 2.80 bits per heavy atom. The summed E-state index contributed by atoms with van der Waals surface area (Å²) in [7, 11) is 0. The third-order valence-electron chi connectivity index (χ3n) is 3.21. The van der Waals surface area contributed by atoms with Gasteiger partial charge in [-0.1, -0.05) is 30.5 Å². The van der Waals surface area contributed by atoms with Crippen LogP contribution in [0.5, 0.6) is 0 Å². The lowest BCUT2D eigenvalue weighted by Crippen LogP contribution is -2.11. The molecule has 0 bridgehead atoms. The van der Waals surface area contributed by atoms with Crippen molar-refractivity contribution in [2.45, 2.75) is 38.6 Å². The van der Waals surface area contributed by atoms with Crippen molar-refractivity contribution in [3.05, 3.63) is 34.3 Å². The summed E-state index contributed by atoms with van der Waals surface area (Å²) >= 11 is 5.92. The number of hydrogen-bond donors (Lipinski definition) is 1. The van der Waals surface area contributed by atoms with E-state index in [-0.39, 0.29) is 6.04 Å². The van der Waals surface area contributed by atoms with E-state index in [0.717, 1.165) is 17.4 Å². The fourth-order valence-corrected chi connectivity index (χ4v) is 2.26. The van der Waals surface area contributed by atoms with Crippen LogP contribution in [-0.4, -0.2) is 0 Å². The Labute approximate surface area is 96.6 Å². The van der Waals surface area contributed by atoms with E-state index in [4.69, 9.17) is 17.3 Å². The number of aryl methyl sites for hydroxylation is 1. The van der Waals surface area contributed by atoms with Gasteiger partial charge in [0.1, 0.15) is 0 Å². The molecule has 82 valence electrons. The van der Waals surface area contributed by atoms with Crippen LogP contribution in [0.15, 0.2) is 18.2 Å². The molecule has 0 saturated heterocycles. The summed E-state index contributed by atoms with van der Waals surface area (Å²) in [5.74, 6) is 0.962. The molecule has 0 spiro atoms. The van der Waals surface area contributed by atoms with Gasteiger partial charge in [0, 0.05) is 11.1 Å². The van der Waals surface area contributed by atoms with Gasteiger partial charge in [0.25, 0.3) is 0 Å². The lowest BCUT2D eigenvalue weighted by molar-refractivity contribution is 0.573. The van der Waals surface area contributed by atoms with Crippen molar-refractivity contribution >= 4 is 11.6 Å². The Kier molecular flexibility index (Phi) is 3.32. The molecule has 1 fully saturated rings.